The van der Waals surface area contributed by atoms with Gasteiger partial charge < -0.3 is 10.2 Å². The van der Waals surface area contributed by atoms with Crippen LogP contribution in [0, 0.1) is 0 Å². The third-order valence-corrected chi connectivity index (χ3v) is 4.34. The zero-order valence-corrected chi connectivity index (χ0v) is 9.57. The Labute approximate surface area is 97.9 Å². The van der Waals surface area contributed by atoms with E-state index in [0.717, 1.165) is 0 Å². The quantitative estimate of drug-likeness (QED) is 0.698. The van der Waals surface area contributed by atoms with Crippen molar-refractivity contribution in [3.05, 3.63) is 23.8 Å². The molecule has 92 valence electrons. The molecule has 1 saturated carbocycles. The maximum absolute atomic E-state index is 11.6. The average Bonchev–Trinajstić information content (AvgIpc) is 3.03. The number of benzene rings is 1. The maximum atomic E-state index is 11.6. The molecule has 0 bridgehead atoms. The molecule has 7 heteroatoms. The summed E-state index contributed by atoms with van der Waals surface area (Å²) < 4.78 is 25.5. The molecular formula is C10H11NO5S. The summed E-state index contributed by atoms with van der Waals surface area (Å²) in [4.78, 5) is 10.7. The summed E-state index contributed by atoms with van der Waals surface area (Å²) in [5, 5.41) is 18.0. The number of hydrogen-bond donors (Lipinski definition) is 3. The molecule has 0 amide bonds. The first-order valence-corrected chi connectivity index (χ1v) is 6.53. The molecule has 6 nitrogen and oxygen atoms in total. The van der Waals surface area contributed by atoms with Crippen LogP contribution in [0.2, 0.25) is 0 Å². The number of aromatic hydroxyl groups is 1. The molecular weight excluding hydrogens is 246 g/mol. The minimum atomic E-state index is -3.51. The van der Waals surface area contributed by atoms with E-state index in [0.29, 0.717) is 12.8 Å². The fraction of sp³-hybridized carbons (Fsp3) is 0.300. The van der Waals surface area contributed by atoms with Crippen molar-refractivity contribution in [3.63, 3.8) is 0 Å². The number of hydrogen-bond acceptors (Lipinski definition) is 4. The monoisotopic (exact) mass is 257 g/mol. The van der Waals surface area contributed by atoms with E-state index in [2.05, 4.69) is 4.72 Å². The normalized spacial score (nSPS) is 15.5. The number of sulfonamides is 1. The molecule has 0 aromatic heterocycles. The zero-order valence-electron chi connectivity index (χ0n) is 8.75. The molecule has 1 aromatic carbocycles. The van der Waals surface area contributed by atoms with E-state index >= 15 is 0 Å². The first-order chi connectivity index (χ1) is 7.92. The average molecular weight is 257 g/mol. The Hall–Kier alpha value is -1.76. The molecule has 0 heterocycles. The van der Waals surface area contributed by atoms with Crippen molar-refractivity contribution >= 4 is 21.7 Å². The molecule has 1 fully saturated rings. The van der Waals surface area contributed by atoms with Crippen molar-refractivity contribution in [3.8, 4) is 5.75 Å². The molecule has 0 atom stereocenters. The van der Waals surface area contributed by atoms with Gasteiger partial charge in [-0.3, -0.25) is 4.72 Å². The van der Waals surface area contributed by atoms with Gasteiger partial charge in [0.15, 0.2) is 5.75 Å². The third-order valence-electron chi connectivity index (χ3n) is 2.48. The van der Waals surface area contributed by atoms with Crippen molar-refractivity contribution in [2.45, 2.75) is 18.1 Å². The summed E-state index contributed by atoms with van der Waals surface area (Å²) in [7, 11) is -3.51. The minimum absolute atomic E-state index is 0.100. The fourth-order valence-corrected chi connectivity index (χ4v) is 2.81. The number of para-hydroxylation sites is 1. The second-order valence-electron chi connectivity index (χ2n) is 3.85. The van der Waals surface area contributed by atoms with Crippen molar-refractivity contribution in [2.24, 2.45) is 0 Å². The van der Waals surface area contributed by atoms with Crippen molar-refractivity contribution in [2.75, 3.05) is 4.72 Å². The molecule has 1 aromatic rings. The van der Waals surface area contributed by atoms with E-state index in [9.17, 15) is 18.3 Å². The van der Waals surface area contributed by atoms with E-state index in [1.165, 1.54) is 18.2 Å². The van der Waals surface area contributed by atoms with Crippen molar-refractivity contribution in [1.82, 2.24) is 0 Å². The van der Waals surface area contributed by atoms with Crippen LogP contribution in [0.5, 0.6) is 5.75 Å². The predicted molar refractivity (Wildman–Crippen MR) is 60.6 cm³/mol. The second-order valence-corrected chi connectivity index (χ2v) is 5.81. The first kappa shape index (κ1) is 11.7. The molecule has 3 N–H and O–H groups in total. The number of carboxylic acids is 1. The van der Waals surface area contributed by atoms with Crippen LogP contribution < -0.4 is 4.72 Å². The summed E-state index contributed by atoms with van der Waals surface area (Å²) in [6.07, 6.45) is 1.18. The molecule has 0 saturated heterocycles. The number of anilines is 1. The van der Waals surface area contributed by atoms with Gasteiger partial charge in [0.25, 0.3) is 0 Å². The van der Waals surface area contributed by atoms with Crippen LogP contribution in [0.15, 0.2) is 18.2 Å². The van der Waals surface area contributed by atoms with Gasteiger partial charge in [-0.25, -0.2) is 13.2 Å². The summed E-state index contributed by atoms with van der Waals surface area (Å²) >= 11 is 0. The van der Waals surface area contributed by atoms with Gasteiger partial charge in [0.2, 0.25) is 10.0 Å². The predicted octanol–water partition coefficient (Wildman–Crippen LogP) is 0.994. The summed E-state index contributed by atoms with van der Waals surface area (Å²) in [6, 6.07) is 3.89. The molecule has 17 heavy (non-hydrogen) atoms. The van der Waals surface area contributed by atoms with Gasteiger partial charge in [-0.2, -0.15) is 0 Å². The number of phenols is 1. The zero-order chi connectivity index (χ0) is 12.6. The molecule has 0 aliphatic heterocycles. The van der Waals surface area contributed by atoms with Gasteiger partial charge in [-0.05, 0) is 25.0 Å². The van der Waals surface area contributed by atoms with Gasteiger partial charge in [0.05, 0.1) is 10.9 Å². The molecule has 0 spiro atoms. The highest BCUT2D eigenvalue weighted by molar-refractivity contribution is 7.93. The Morgan fingerprint density at radius 3 is 2.53 bits per heavy atom. The highest BCUT2D eigenvalue weighted by Gasteiger charge is 2.36. The lowest BCUT2D eigenvalue weighted by Gasteiger charge is -2.10. The van der Waals surface area contributed by atoms with Crippen LogP contribution >= 0.6 is 0 Å². The Balaban J connectivity index is 2.33. The molecule has 1 aliphatic rings. The lowest BCUT2D eigenvalue weighted by molar-refractivity contribution is 0.0694. The third kappa shape index (κ3) is 2.33. The Kier molecular flexibility index (Phi) is 2.70. The largest absolute Gasteiger partial charge is 0.505 e. The Morgan fingerprint density at radius 1 is 1.35 bits per heavy atom. The number of carboxylic acid groups (broad SMARTS) is 1. The minimum Gasteiger partial charge on any atom is -0.505 e. The van der Waals surface area contributed by atoms with E-state index in [-0.39, 0.29) is 11.3 Å². The van der Waals surface area contributed by atoms with E-state index in [4.69, 9.17) is 5.11 Å². The Bertz CT molecular complexity index is 562. The number of nitrogens with one attached hydrogen (secondary N) is 1. The van der Waals surface area contributed by atoms with E-state index in [1.54, 1.807) is 0 Å². The maximum Gasteiger partial charge on any atom is 0.339 e. The van der Waals surface area contributed by atoms with E-state index in [1.807, 2.05) is 0 Å². The van der Waals surface area contributed by atoms with Gasteiger partial charge in [-0.15, -0.1) is 0 Å². The fourth-order valence-electron chi connectivity index (χ4n) is 1.41. The lowest BCUT2D eigenvalue weighted by atomic mass is 10.2. The van der Waals surface area contributed by atoms with Gasteiger partial charge in [0, 0.05) is 0 Å². The van der Waals surface area contributed by atoms with Crippen LogP contribution in [0.25, 0.3) is 0 Å². The van der Waals surface area contributed by atoms with Crippen LogP contribution in [0.4, 0.5) is 5.69 Å². The summed E-state index contributed by atoms with van der Waals surface area (Å²) in [5.74, 6) is -1.88. The van der Waals surface area contributed by atoms with Gasteiger partial charge in [-0.1, -0.05) is 6.07 Å². The van der Waals surface area contributed by atoms with Crippen LogP contribution in [0.3, 0.4) is 0 Å². The highest BCUT2D eigenvalue weighted by Crippen LogP contribution is 2.33. The summed E-state index contributed by atoms with van der Waals surface area (Å²) in [6.45, 7) is 0. The number of aromatic carboxylic acids is 1. The molecule has 1 aliphatic carbocycles. The van der Waals surface area contributed by atoms with Crippen LogP contribution in [-0.4, -0.2) is 29.9 Å². The van der Waals surface area contributed by atoms with Crippen LogP contribution in [-0.2, 0) is 10.0 Å². The first-order valence-electron chi connectivity index (χ1n) is 4.99. The molecule has 2 rings (SSSR count). The van der Waals surface area contributed by atoms with Crippen molar-refractivity contribution < 1.29 is 23.4 Å². The smallest absolute Gasteiger partial charge is 0.339 e. The number of rotatable bonds is 4. The standard InChI is InChI=1S/C10H11NO5S/c12-9-7(10(13)14)2-1-3-8(9)11-17(15,16)6-4-5-6/h1-3,6,11-12H,4-5H2,(H,13,14). The Morgan fingerprint density at radius 2 is 2.00 bits per heavy atom. The van der Waals surface area contributed by atoms with E-state index < -0.39 is 27.0 Å². The molecule has 0 radical (unpaired) electrons. The van der Waals surface area contributed by atoms with Crippen molar-refractivity contribution in [1.29, 1.82) is 0 Å². The van der Waals surface area contributed by atoms with Crippen LogP contribution in [0.1, 0.15) is 23.2 Å². The van der Waals surface area contributed by atoms with Gasteiger partial charge >= 0.3 is 5.97 Å². The summed E-state index contributed by atoms with van der Waals surface area (Å²) in [5.41, 5.74) is -0.433. The topological polar surface area (TPSA) is 104 Å². The SMILES string of the molecule is O=C(O)c1cccc(NS(=O)(=O)C2CC2)c1O. The molecule has 0 unspecified atom stereocenters. The number of carbonyl (C=O) groups is 1. The van der Waals surface area contributed by atoms with Gasteiger partial charge in [0.1, 0.15) is 5.56 Å². The second kappa shape index (κ2) is 3.92. The lowest BCUT2D eigenvalue weighted by Crippen LogP contribution is -2.17. The highest BCUT2D eigenvalue weighted by atomic mass is 32.2.